The second-order valence-electron chi connectivity index (χ2n) is 4.14. The predicted molar refractivity (Wildman–Crippen MR) is 78.4 cm³/mol. The van der Waals surface area contributed by atoms with Crippen LogP contribution < -0.4 is 5.32 Å². The summed E-state index contributed by atoms with van der Waals surface area (Å²) in [7, 11) is 0. The summed E-state index contributed by atoms with van der Waals surface area (Å²) in [6, 6.07) is 6.84. The van der Waals surface area contributed by atoms with Gasteiger partial charge in [0.25, 0.3) is 5.91 Å². The smallest absolute Gasteiger partial charge is 0.262 e. The molecule has 2 N–H and O–H groups in total. The maximum absolute atomic E-state index is 13.7. The minimum absolute atomic E-state index is 0.232. The van der Waals surface area contributed by atoms with Crippen molar-refractivity contribution in [3.8, 4) is 5.75 Å². The monoisotopic (exact) mass is 323 g/mol. The molecule has 1 aromatic heterocycles. The molecule has 21 heavy (non-hydrogen) atoms. The van der Waals surface area contributed by atoms with Crippen molar-refractivity contribution in [2.24, 2.45) is 0 Å². The van der Waals surface area contributed by atoms with Crippen LogP contribution in [0.1, 0.15) is 10.4 Å². The van der Waals surface area contributed by atoms with Crippen LogP contribution in [0.15, 0.2) is 30.3 Å². The number of fused-ring (bicyclic) bond motifs is 1. The highest BCUT2D eigenvalue weighted by Gasteiger charge is 2.19. The summed E-state index contributed by atoms with van der Waals surface area (Å²) in [5.74, 6) is -2.09. The van der Waals surface area contributed by atoms with Crippen LogP contribution in [0.2, 0.25) is 5.02 Å². The molecule has 0 aliphatic carbocycles. The standard InChI is InChI=1S/C13H7ClFN3O2S/c14-6-4-5-8-12(18-21-17-8)11(6)16-13(20)10-7(15)2-1-3-9(10)19/h1-5,19H,(H,16,20). The van der Waals surface area contributed by atoms with Crippen molar-refractivity contribution in [3.05, 3.63) is 46.7 Å². The van der Waals surface area contributed by atoms with Crippen LogP contribution in [0.3, 0.4) is 0 Å². The van der Waals surface area contributed by atoms with E-state index in [2.05, 4.69) is 14.1 Å². The third-order valence-corrected chi connectivity index (χ3v) is 3.69. The number of rotatable bonds is 2. The van der Waals surface area contributed by atoms with Gasteiger partial charge in [0.1, 0.15) is 28.2 Å². The summed E-state index contributed by atoms with van der Waals surface area (Å²) in [4.78, 5) is 12.2. The van der Waals surface area contributed by atoms with Gasteiger partial charge in [-0.25, -0.2) is 4.39 Å². The molecular weight excluding hydrogens is 317 g/mol. The highest BCUT2D eigenvalue weighted by molar-refractivity contribution is 7.00. The SMILES string of the molecule is O=C(Nc1c(Cl)ccc2nsnc12)c1c(O)cccc1F. The number of anilines is 1. The van der Waals surface area contributed by atoms with Crippen LogP contribution in [0.25, 0.3) is 11.0 Å². The van der Waals surface area contributed by atoms with E-state index >= 15 is 0 Å². The quantitative estimate of drug-likeness (QED) is 0.757. The molecule has 3 rings (SSSR count). The minimum Gasteiger partial charge on any atom is -0.507 e. The van der Waals surface area contributed by atoms with Gasteiger partial charge in [0.05, 0.1) is 22.4 Å². The molecule has 0 unspecified atom stereocenters. The molecule has 1 amide bonds. The van der Waals surface area contributed by atoms with E-state index in [-0.39, 0.29) is 10.7 Å². The van der Waals surface area contributed by atoms with E-state index in [9.17, 15) is 14.3 Å². The van der Waals surface area contributed by atoms with Crippen LogP contribution in [0, 0.1) is 5.82 Å². The second kappa shape index (κ2) is 5.27. The summed E-state index contributed by atoms with van der Waals surface area (Å²) in [6.45, 7) is 0. The Morgan fingerprint density at radius 2 is 2.10 bits per heavy atom. The number of benzene rings is 2. The Morgan fingerprint density at radius 1 is 1.29 bits per heavy atom. The van der Waals surface area contributed by atoms with Gasteiger partial charge in [-0.05, 0) is 24.3 Å². The van der Waals surface area contributed by atoms with E-state index in [1.165, 1.54) is 12.1 Å². The number of hydrogen-bond acceptors (Lipinski definition) is 5. The third-order valence-electron chi connectivity index (χ3n) is 2.83. The van der Waals surface area contributed by atoms with Gasteiger partial charge >= 0.3 is 0 Å². The molecule has 5 nitrogen and oxygen atoms in total. The number of aromatic nitrogens is 2. The van der Waals surface area contributed by atoms with Crippen LogP contribution in [-0.2, 0) is 0 Å². The molecule has 0 fully saturated rings. The molecule has 0 saturated carbocycles. The Labute approximate surface area is 127 Å². The molecule has 0 radical (unpaired) electrons. The van der Waals surface area contributed by atoms with E-state index in [1.54, 1.807) is 12.1 Å². The van der Waals surface area contributed by atoms with Gasteiger partial charge in [-0.15, -0.1) is 0 Å². The first-order valence-corrected chi connectivity index (χ1v) is 6.88. The Bertz CT molecular complexity index is 832. The van der Waals surface area contributed by atoms with Gasteiger partial charge in [-0.2, -0.15) is 8.75 Å². The van der Waals surface area contributed by atoms with Gasteiger partial charge in [0, 0.05) is 0 Å². The number of aromatic hydroxyl groups is 1. The van der Waals surface area contributed by atoms with Gasteiger partial charge in [0.15, 0.2) is 0 Å². The number of nitrogens with one attached hydrogen (secondary N) is 1. The highest BCUT2D eigenvalue weighted by Crippen LogP contribution is 2.31. The fourth-order valence-corrected chi connectivity index (χ4v) is 2.60. The maximum atomic E-state index is 13.7. The maximum Gasteiger partial charge on any atom is 0.262 e. The van der Waals surface area contributed by atoms with E-state index in [0.717, 1.165) is 17.8 Å². The fraction of sp³-hybridized carbons (Fsp3) is 0. The lowest BCUT2D eigenvalue weighted by Crippen LogP contribution is -2.14. The summed E-state index contributed by atoms with van der Waals surface area (Å²) in [5, 5.41) is 12.3. The van der Waals surface area contributed by atoms with E-state index in [0.29, 0.717) is 11.0 Å². The first kappa shape index (κ1) is 13.7. The van der Waals surface area contributed by atoms with Crippen LogP contribution in [-0.4, -0.2) is 19.8 Å². The Morgan fingerprint density at radius 3 is 2.86 bits per heavy atom. The number of nitrogens with zero attached hydrogens (tertiary/aromatic N) is 2. The van der Waals surface area contributed by atoms with Crippen molar-refractivity contribution in [1.82, 2.24) is 8.75 Å². The normalized spacial score (nSPS) is 10.8. The number of phenols is 1. The number of carbonyl (C=O) groups excluding carboxylic acids is 1. The summed E-state index contributed by atoms with van der Waals surface area (Å²) in [5.41, 5.74) is 0.762. The van der Waals surface area contributed by atoms with Crippen LogP contribution >= 0.6 is 23.3 Å². The number of phenolic OH excluding ortho intramolecular Hbond substituents is 1. The van der Waals surface area contributed by atoms with Crippen molar-refractivity contribution in [1.29, 1.82) is 0 Å². The lowest BCUT2D eigenvalue weighted by Gasteiger charge is -2.09. The first-order chi connectivity index (χ1) is 10.1. The van der Waals surface area contributed by atoms with E-state index < -0.39 is 23.0 Å². The van der Waals surface area contributed by atoms with Crippen molar-refractivity contribution in [3.63, 3.8) is 0 Å². The zero-order valence-electron chi connectivity index (χ0n) is 10.3. The Hall–Kier alpha value is -2.25. The van der Waals surface area contributed by atoms with Crippen LogP contribution in [0.5, 0.6) is 5.75 Å². The van der Waals surface area contributed by atoms with Crippen molar-refractivity contribution in [2.75, 3.05) is 5.32 Å². The predicted octanol–water partition coefficient (Wildman–Crippen LogP) is 3.44. The number of amides is 1. The minimum atomic E-state index is -0.827. The summed E-state index contributed by atoms with van der Waals surface area (Å²) in [6.07, 6.45) is 0. The molecule has 2 aromatic carbocycles. The Kier molecular flexibility index (Phi) is 3.44. The van der Waals surface area contributed by atoms with Crippen molar-refractivity contribution >= 4 is 46.0 Å². The number of hydrogen-bond donors (Lipinski definition) is 2. The highest BCUT2D eigenvalue weighted by atomic mass is 35.5. The molecule has 0 bridgehead atoms. The largest absolute Gasteiger partial charge is 0.507 e. The lowest BCUT2D eigenvalue weighted by atomic mass is 10.1. The number of halogens is 2. The fourth-order valence-electron chi connectivity index (χ4n) is 1.86. The molecule has 8 heteroatoms. The first-order valence-electron chi connectivity index (χ1n) is 5.77. The zero-order chi connectivity index (χ0) is 15.0. The third kappa shape index (κ3) is 2.41. The van der Waals surface area contributed by atoms with Crippen molar-refractivity contribution < 1.29 is 14.3 Å². The molecular formula is C13H7ClFN3O2S. The lowest BCUT2D eigenvalue weighted by molar-refractivity contribution is 0.102. The van der Waals surface area contributed by atoms with Crippen LogP contribution in [0.4, 0.5) is 10.1 Å². The molecule has 0 aliphatic heterocycles. The molecule has 0 aliphatic rings. The van der Waals surface area contributed by atoms with Gasteiger partial charge < -0.3 is 10.4 Å². The molecule has 3 aromatic rings. The molecule has 0 saturated heterocycles. The topological polar surface area (TPSA) is 75.1 Å². The average molecular weight is 324 g/mol. The summed E-state index contributed by atoms with van der Waals surface area (Å²) >= 11 is 7.01. The van der Waals surface area contributed by atoms with Gasteiger partial charge in [0.2, 0.25) is 0 Å². The molecule has 1 heterocycles. The molecule has 106 valence electrons. The van der Waals surface area contributed by atoms with Crippen molar-refractivity contribution in [2.45, 2.75) is 0 Å². The number of carbonyl (C=O) groups is 1. The zero-order valence-corrected chi connectivity index (χ0v) is 11.9. The molecule has 0 atom stereocenters. The summed E-state index contributed by atoms with van der Waals surface area (Å²) < 4.78 is 21.8. The second-order valence-corrected chi connectivity index (χ2v) is 5.08. The Balaban J connectivity index is 2.04. The van der Waals surface area contributed by atoms with Gasteiger partial charge in [-0.1, -0.05) is 17.7 Å². The van der Waals surface area contributed by atoms with Gasteiger partial charge in [-0.3, -0.25) is 4.79 Å². The van der Waals surface area contributed by atoms with E-state index in [1.807, 2.05) is 0 Å². The molecule has 0 spiro atoms. The van der Waals surface area contributed by atoms with E-state index in [4.69, 9.17) is 11.6 Å². The average Bonchev–Trinajstić information content (AvgIpc) is 2.90.